The number of rotatable bonds is 18. The average molecular weight is 397 g/mol. The summed E-state index contributed by atoms with van der Waals surface area (Å²) in [6, 6.07) is 0. The number of ether oxygens (including phenoxy) is 2. The van der Waals surface area contributed by atoms with Crippen LogP contribution in [0.1, 0.15) is 118 Å². The molecule has 0 heterocycles. The second kappa shape index (κ2) is 19.0. The normalized spacial score (nSPS) is 13.4. The number of carbonyl (C=O) groups is 2. The number of hydrogen-bond acceptors (Lipinski definition) is 4. The molecule has 0 fully saturated rings. The highest BCUT2D eigenvalue weighted by molar-refractivity contribution is 5.91. The molecule has 0 amide bonds. The molecule has 2 atom stereocenters. The molecule has 4 heteroatoms. The van der Waals surface area contributed by atoms with Gasteiger partial charge in [-0.3, -0.25) is 0 Å². The SMILES string of the molecule is CCCCCCCC(CC)OC(=O)/C=C\C(=O)OC(CC)CCCCCCC. The summed E-state index contributed by atoms with van der Waals surface area (Å²) < 4.78 is 10.9. The van der Waals surface area contributed by atoms with E-state index in [1.165, 1.54) is 63.5 Å². The lowest BCUT2D eigenvalue weighted by molar-refractivity contribution is -0.146. The summed E-state index contributed by atoms with van der Waals surface area (Å²) >= 11 is 0. The van der Waals surface area contributed by atoms with Gasteiger partial charge in [0.25, 0.3) is 0 Å². The standard InChI is InChI=1S/C24H44O4/c1-5-9-11-13-15-17-21(7-3)27-23(25)19-20-24(26)28-22(8-4)18-16-14-12-10-6-2/h19-22H,5-18H2,1-4H3/b20-19-. The van der Waals surface area contributed by atoms with Gasteiger partial charge < -0.3 is 9.47 Å². The Morgan fingerprint density at radius 3 is 1.29 bits per heavy atom. The van der Waals surface area contributed by atoms with Gasteiger partial charge in [-0.2, -0.15) is 0 Å². The van der Waals surface area contributed by atoms with Crippen molar-refractivity contribution in [1.29, 1.82) is 0 Å². The molecule has 4 nitrogen and oxygen atoms in total. The van der Waals surface area contributed by atoms with Crippen molar-refractivity contribution >= 4 is 11.9 Å². The smallest absolute Gasteiger partial charge is 0.331 e. The van der Waals surface area contributed by atoms with Gasteiger partial charge in [0.1, 0.15) is 12.2 Å². The number of esters is 2. The fourth-order valence-electron chi connectivity index (χ4n) is 3.19. The Bertz CT molecular complexity index is 379. The Hall–Kier alpha value is -1.32. The zero-order valence-electron chi connectivity index (χ0n) is 18.8. The molecule has 0 radical (unpaired) electrons. The molecule has 0 bridgehead atoms. The predicted octanol–water partition coefficient (Wildman–Crippen LogP) is 6.91. The van der Waals surface area contributed by atoms with Crippen LogP contribution in [0.2, 0.25) is 0 Å². The highest BCUT2D eigenvalue weighted by atomic mass is 16.5. The zero-order chi connectivity index (χ0) is 21.0. The van der Waals surface area contributed by atoms with Gasteiger partial charge in [0.15, 0.2) is 0 Å². The van der Waals surface area contributed by atoms with Crippen LogP contribution in [0.15, 0.2) is 12.2 Å². The van der Waals surface area contributed by atoms with E-state index in [0.29, 0.717) is 0 Å². The maximum Gasteiger partial charge on any atom is 0.331 e. The monoisotopic (exact) mass is 396 g/mol. The van der Waals surface area contributed by atoms with Crippen molar-refractivity contribution in [2.45, 2.75) is 130 Å². The first-order valence-corrected chi connectivity index (χ1v) is 11.7. The third kappa shape index (κ3) is 15.7. The third-order valence-electron chi connectivity index (χ3n) is 5.09. The summed E-state index contributed by atoms with van der Waals surface area (Å²) in [7, 11) is 0. The summed E-state index contributed by atoms with van der Waals surface area (Å²) in [5, 5.41) is 0. The van der Waals surface area contributed by atoms with Gasteiger partial charge in [0.2, 0.25) is 0 Å². The van der Waals surface area contributed by atoms with Crippen molar-refractivity contribution < 1.29 is 19.1 Å². The van der Waals surface area contributed by atoms with Crippen LogP contribution in [0.3, 0.4) is 0 Å². The summed E-state index contributed by atoms with van der Waals surface area (Å²) in [5.74, 6) is -0.907. The fraction of sp³-hybridized carbons (Fsp3) is 0.833. The van der Waals surface area contributed by atoms with E-state index in [9.17, 15) is 9.59 Å². The van der Waals surface area contributed by atoms with Gasteiger partial charge in [0, 0.05) is 12.2 Å². The zero-order valence-corrected chi connectivity index (χ0v) is 18.8. The molecule has 28 heavy (non-hydrogen) atoms. The summed E-state index contributed by atoms with van der Waals surface area (Å²) in [6.07, 6.45) is 17.6. The first kappa shape index (κ1) is 26.7. The largest absolute Gasteiger partial charge is 0.459 e. The predicted molar refractivity (Wildman–Crippen MR) is 116 cm³/mol. The highest BCUT2D eigenvalue weighted by Crippen LogP contribution is 2.14. The van der Waals surface area contributed by atoms with Crippen LogP contribution in [0.4, 0.5) is 0 Å². The van der Waals surface area contributed by atoms with E-state index < -0.39 is 11.9 Å². The summed E-state index contributed by atoms with van der Waals surface area (Å²) in [4.78, 5) is 23.9. The Labute approximate surface area is 173 Å². The molecule has 2 unspecified atom stereocenters. The Morgan fingerprint density at radius 1 is 0.607 bits per heavy atom. The molecule has 0 saturated carbocycles. The second-order valence-electron chi connectivity index (χ2n) is 7.67. The van der Waals surface area contributed by atoms with E-state index in [1.807, 2.05) is 13.8 Å². The maximum absolute atomic E-state index is 12.0. The Morgan fingerprint density at radius 2 is 0.964 bits per heavy atom. The van der Waals surface area contributed by atoms with Crippen LogP contribution in [0, 0.1) is 0 Å². The van der Waals surface area contributed by atoms with Gasteiger partial charge >= 0.3 is 11.9 Å². The van der Waals surface area contributed by atoms with Crippen molar-refractivity contribution in [1.82, 2.24) is 0 Å². The molecule has 0 saturated heterocycles. The second-order valence-corrected chi connectivity index (χ2v) is 7.67. The van der Waals surface area contributed by atoms with Crippen LogP contribution in [-0.4, -0.2) is 24.1 Å². The lowest BCUT2D eigenvalue weighted by Gasteiger charge is -2.15. The van der Waals surface area contributed by atoms with E-state index in [2.05, 4.69) is 13.8 Å². The first-order chi connectivity index (χ1) is 13.6. The van der Waals surface area contributed by atoms with E-state index in [1.54, 1.807) is 0 Å². The van der Waals surface area contributed by atoms with Crippen molar-refractivity contribution in [3.63, 3.8) is 0 Å². The number of hydrogen-bond donors (Lipinski definition) is 0. The van der Waals surface area contributed by atoms with E-state index in [4.69, 9.17) is 9.47 Å². The Kier molecular flexibility index (Phi) is 18.1. The molecule has 0 aromatic carbocycles. The highest BCUT2D eigenvalue weighted by Gasteiger charge is 2.13. The molecule has 0 aliphatic carbocycles. The van der Waals surface area contributed by atoms with Crippen molar-refractivity contribution in [2.75, 3.05) is 0 Å². The van der Waals surface area contributed by atoms with Gasteiger partial charge in [-0.15, -0.1) is 0 Å². The maximum atomic E-state index is 12.0. The van der Waals surface area contributed by atoms with E-state index >= 15 is 0 Å². The molecule has 0 aromatic heterocycles. The first-order valence-electron chi connectivity index (χ1n) is 11.7. The lowest BCUT2D eigenvalue weighted by Crippen LogP contribution is -2.18. The lowest BCUT2D eigenvalue weighted by atomic mass is 10.1. The molecule has 164 valence electrons. The molecule has 0 aliphatic rings. The van der Waals surface area contributed by atoms with Gasteiger partial charge in [0.05, 0.1) is 0 Å². The molecular formula is C24H44O4. The van der Waals surface area contributed by atoms with Gasteiger partial charge in [-0.05, 0) is 38.5 Å². The topological polar surface area (TPSA) is 52.6 Å². The quantitative estimate of drug-likeness (QED) is 0.143. The third-order valence-corrected chi connectivity index (χ3v) is 5.09. The van der Waals surface area contributed by atoms with Crippen LogP contribution in [-0.2, 0) is 19.1 Å². The minimum Gasteiger partial charge on any atom is -0.459 e. The van der Waals surface area contributed by atoms with Crippen LogP contribution < -0.4 is 0 Å². The number of carbonyl (C=O) groups excluding carboxylic acids is 2. The fourth-order valence-corrected chi connectivity index (χ4v) is 3.19. The molecule has 0 rings (SSSR count). The summed E-state index contributed by atoms with van der Waals surface area (Å²) in [5.41, 5.74) is 0. The van der Waals surface area contributed by atoms with Crippen molar-refractivity contribution in [3.05, 3.63) is 12.2 Å². The Balaban J connectivity index is 4.11. The van der Waals surface area contributed by atoms with Gasteiger partial charge in [-0.1, -0.05) is 79.1 Å². The molecule has 0 N–H and O–H groups in total. The minimum absolute atomic E-state index is 0.0682. The van der Waals surface area contributed by atoms with E-state index in [0.717, 1.165) is 38.5 Å². The summed E-state index contributed by atoms with van der Waals surface area (Å²) in [6.45, 7) is 8.44. The van der Waals surface area contributed by atoms with Crippen LogP contribution in [0.5, 0.6) is 0 Å². The molecule has 0 aromatic rings. The molecule has 0 aliphatic heterocycles. The minimum atomic E-state index is -0.454. The van der Waals surface area contributed by atoms with Gasteiger partial charge in [-0.25, -0.2) is 9.59 Å². The van der Waals surface area contributed by atoms with E-state index in [-0.39, 0.29) is 12.2 Å². The number of unbranched alkanes of at least 4 members (excludes halogenated alkanes) is 8. The van der Waals surface area contributed by atoms with Crippen LogP contribution in [0.25, 0.3) is 0 Å². The van der Waals surface area contributed by atoms with Crippen molar-refractivity contribution in [2.24, 2.45) is 0 Å². The van der Waals surface area contributed by atoms with Crippen LogP contribution >= 0.6 is 0 Å². The van der Waals surface area contributed by atoms with Crippen molar-refractivity contribution in [3.8, 4) is 0 Å². The average Bonchev–Trinajstić information content (AvgIpc) is 2.70. The molecule has 0 spiro atoms. The molecular weight excluding hydrogens is 352 g/mol.